The molecule has 0 aliphatic heterocycles. The standard InChI is InChI=1S/C14H19NO5S/c1-4-20-14(17)10(3)15-13(16)11-8-6-7-9-12(11)21(18,19)5-2/h6-10H,4-5H2,1-3H3,(H,15,16). The summed E-state index contributed by atoms with van der Waals surface area (Å²) >= 11 is 0. The number of amides is 1. The van der Waals surface area contributed by atoms with Crippen molar-refractivity contribution >= 4 is 21.7 Å². The smallest absolute Gasteiger partial charge is 0.328 e. The molecule has 21 heavy (non-hydrogen) atoms. The van der Waals surface area contributed by atoms with Gasteiger partial charge in [0.1, 0.15) is 6.04 Å². The van der Waals surface area contributed by atoms with Gasteiger partial charge in [-0.2, -0.15) is 0 Å². The average molecular weight is 313 g/mol. The van der Waals surface area contributed by atoms with Gasteiger partial charge in [0.15, 0.2) is 9.84 Å². The molecule has 1 rings (SSSR count). The number of nitrogens with one attached hydrogen (secondary N) is 1. The summed E-state index contributed by atoms with van der Waals surface area (Å²) in [5.74, 6) is -1.30. The summed E-state index contributed by atoms with van der Waals surface area (Å²) < 4.78 is 28.7. The second-order valence-corrected chi connectivity index (χ2v) is 6.59. The van der Waals surface area contributed by atoms with Crippen LogP contribution in [0.5, 0.6) is 0 Å². The van der Waals surface area contributed by atoms with Crippen LogP contribution in [0.15, 0.2) is 29.2 Å². The van der Waals surface area contributed by atoms with E-state index in [0.29, 0.717) is 0 Å². The van der Waals surface area contributed by atoms with E-state index in [1.165, 1.54) is 26.0 Å². The normalized spacial score (nSPS) is 12.5. The maximum Gasteiger partial charge on any atom is 0.328 e. The van der Waals surface area contributed by atoms with Gasteiger partial charge in [0.2, 0.25) is 0 Å². The molecule has 0 spiro atoms. The van der Waals surface area contributed by atoms with Crippen LogP contribution in [0.1, 0.15) is 31.1 Å². The molecule has 0 aliphatic carbocycles. The number of sulfone groups is 1. The van der Waals surface area contributed by atoms with Crippen molar-refractivity contribution in [3.63, 3.8) is 0 Å². The first-order chi connectivity index (χ1) is 9.83. The highest BCUT2D eigenvalue weighted by Crippen LogP contribution is 2.17. The molecule has 0 bridgehead atoms. The number of rotatable bonds is 6. The lowest BCUT2D eigenvalue weighted by atomic mass is 10.2. The molecule has 7 heteroatoms. The molecule has 1 atom stereocenters. The van der Waals surface area contributed by atoms with Crippen molar-refractivity contribution in [1.82, 2.24) is 5.32 Å². The lowest BCUT2D eigenvalue weighted by Crippen LogP contribution is -2.40. The zero-order valence-corrected chi connectivity index (χ0v) is 13.1. The molecule has 0 radical (unpaired) electrons. The van der Waals surface area contributed by atoms with Gasteiger partial charge in [0.25, 0.3) is 5.91 Å². The molecule has 1 N–H and O–H groups in total. The summed E-state index contributed by atoms with van der Waals surface area (Å²) in [6.45, 7) is 4.85. The van der Waals surface area contributed by atoms with Crippen LogP contribution in [0.2, 0.25) is 0 Å². The summed E-state index contributed by atoms with van der Waals surface area (Å²) in [7, 11) is -3.52. The van der Waals surface area contributed by atoms with E-state index >= 15 is 0 Å². The summed E-state index contributed by atoms with van der Waals surface area (Å²) in [5.41, 5.74) is 0.0236. The number of hydrogen-bond donors (Lipinski definition) is 1. The van der Waals surface area contributed by atoms with Gasteiger partial charge in [-0.1, -0.05) is 19.1 Å². The van der Waals surface area contributed by atoms with Crippen LogP contribution in [-0.4, -0.2) is 38.7 Å². The van der Waals surface area contributed by atoms with E-state index in [4.69, 9.17) is 4.74 Å². The van der Waals surface area contributed by atoms with Crippen molar-refractivity contribution in [1.29, 1.82) is 0 Å². The Kier molecular flexibility index (Phi) is 5.90. The van der Waals surface area contributed by atoms with Crippen molar-refractivity contribution in [2.75, 3.05) is 12.4 Å². The molecule has 0 aliphatic rings. The number of carbonyl (C=O) groups excluding carboxylic acids is 2. The highest BCUT2D eigenvalue weighted by atomic mass is 32.2. The van der Waals surface area contributed by atoms with Crippen LogP contribution in [0.25, 0.3) is 0 Å². The summed E-state index contributed by atoms with van der Waals surface area (Å²) in [6.07, 6.45) is 0. The molecule has 6 nitrogen and oxygen atoms in total. The fourth-order valence-electron chi connectivity index (χ4n) is 1.68. The first kappa shape index (κ1) is 17.2. The number of carbonyl (C=O) groups is 2. The Bertz CT molecular complexity index is 624. The van der Waals surface area contributed by atoms with Crippen LogP contribution in [0.4, 0.5) is 0 Å². The molecule has 1 amide bonds. The topological polar surface area (TPSA) is 89.5 Å². The second kappa shape index (κ2) is 7.21. The molecule has 1 aromatic carbocycles. The fraction of sp³-hybridized carbons (Fsp3) is 0.429. The quantitative estimate of drug-likeness (QED) is 0.796. The second-order valence-electron chi connectivity index (χ2n) is 4.35. The molecular formula is C14H19NO5S. The first-order valence-electron chi connectivity index (χ1n) is 6.62. The number of benzene rings is 1. The van der Waals surface area contributed by atoms with E-state index in [0.717, 1.165) is 0 Å². The van der Waals surface area contributed by atoms with E-state index in [-0.39, 0.29) is 22.8 Å². The molecule has 0 fully saturated rings. The van der Waals surface area contributed by atoms with E-state index < -0.39 is 27.8 Å². The van der Waals surface area contributed by atoms with Crippen LogP contribution in [0, 0.1) is 0 Å². The van der Waals surface area contributed by atoms with Crippen molar-refractivity contribution in [2.24, 2.45) is 0 Å². The van der Waals surface area contributed by atoms with Crippen LogP contribution in [0.3, 0.4) is 0 Å². The number of ether oxygens (including phenoxy) is 1. The predicted molar refractivity (Wildman–Crippen MR) is 77.7 cm³/mol. The van der Waals surface area contributed by atoms with Gasteiger partial charge in [-0.25, -0.2) is 13.2 Å². The van der Waals surface area contributed by atoms with E-state index in [2.05, 4.69) is 5.32 Å². The minimum Gasteiger partial charge on any atom is -0.464 e. The Labute approximate surface area is 124 Å². The van der Waals surface area contributed by atoms with Gasteiger partial charge >= 0.3 is 5.97 Å². The third kappa shape index (κ3) is 4.29. The highest BCUT2D eigenvalue weighted by Gasteiger charge is 2.23. The van der Waals surface area contributed by atoms with Crippen molar-refractivity contribution in [3.05, 3.63) is 29.8 Å². The van der Waals surface area contributed by atoms with Gasteiger partial charge in [-0.15, -0.1) is 0 Å². The van der Waals surface area contributed by atoms with Crippen molar-refractivity contribution in [2.45, 2.75) is 31.7 Å². The number of hydrogen-bond acceptors (Lipinski definition) is 5. The monoisotopic (exact) mass is 313 g/mol. The number of esters is 1. The minimum absolute atomic E-state index is 0.0236. The Morgan fingerprint density at radius 1 is 1.24 bits per heavy atom. The molecule has 116 valence electrons. The zero-order valence-electron chi connectivity index (χ0n) is 12.3. The van der Waals surface area contributed by atoms with Gasteiger partial charge in [-0.3, -0.25) is 4.79 Å². The Balaban J connectivity index is 3.02. The molecular weight excluding hydrogens is 294 g/mol. The third-order valence-electron chi connectivity index (χ3n) is 2.83. The molecule has 0 saturated heterocycles. The van der Waals surface area contributed by atoms with Gasteiger partial charge in [0.05, 0.1) is 22.8 Å². The lowest BCUT2D eigenvalue weighted by molar-refractivity contribution is -0.144. The summed E-state index contributed by atoms with van der Waals surface area (Å²) in [5, 5.41) is 2.44. The summed E-state index contributed by atoms with van der Waals surface area (Å²) in [6, 6.07) is 5.06. The van der Waals surface area contributed by atoms with Gasteiger partial charge < -0.3 is 10.1 Å². The average Bonchev–Trinajstić information content (AvgIpc) is 2.47. The van der Waals surface area contributed by atoms with Gasteiger partial charge in [0, 0.05) is 0 Å². The Morgan fingerprint density at radius 2 is 1.86 bits per heavy atom. The highest BCUT2D eigenvalue weighted by molar-refractivity contribution is 7.91. The molecule has 1 aromatic rings. The van der Waals surface area contributed by atoms with Crippen LogP contribution >= 0.6 is 0 Å². The first-order valence-corrected chi connectivity index (χ1v) is 8.28. The van der Waals surface area contributed by atoms with E-state index in [1.807, 2.05) is 0 Å². The predicted octanol–water partition coefficient (Wildman–Crippen LogP) is 1.16. The van der Waals surface area contributed by atoms with Gasteiger partial charge in [-0.05, 0) is 26.0 Å². The van der Waals surface area contributed by atoms with Crippen LogP contribution in [-0.2, 0) is 19.4 Å². The zero-order chi connectivity index (χ0) is 16.0. The largest absolute Gasteiger partial charge is 0.464 e. The summed E-state index contributed by atoms with van der Waals surface area (Å²) in [4.78, 5) is 23.6. The minimum atomic E-state index is -3.52. The maximum absolute atomic E-state index is 12.2. The molecule has 0 aromatic heterocycles. The van der Waals surface area contributed by atoms with E-state index in [9.17, 15) is 18.0 Å². The third-order valence-corrected chi connectivity index (χ3v) is 4.62. The van der Waals surface area contributed by atoms with E-state index in [1.54, 1.807) is 19.1 Å². The SMILES string of the molecule is CCOC(=O)C(C)NC(=O)c1ccccc1S(=O)(=O)CC. The molecule has 0 saturated carbocycles. The Hall–Kier alpha value is -1.89. The lowest BCUT2D eigenvalue weighted by Gasteiger charge is -2.14. The molecule has 1 unspecified atom stereocenters. The molecule has 0 heterocycles. The van der Waals surface area contributed by atoms with Crippen LogP contribution < -0.4 is 5.32 Å². The fourth-order valence-corrected chi connectivity index (χ4v) is 2.77. The van der Waals surface area contributed by atoms with Crippen molar-refractivity contribution < 1.29 is 22.7 Å². The Morgan fingerprint density at radius 3 is 2.43 bits per heavy atom. The maximum atomic E-state index is 12.2. The van der Waals surface area contributed by atoms with Crippen molar-refractivity contribution in [3.8, 4) is 0 Å².